The summed E-state index contributed by atoms with van der Waals surface area (Å²) in [4.78, 5) is 3.92. The number of nitrogens with two attached hydrogens (primary N) is 1. The molecule has 0 spiro atoms. The Hall–Kier alpha value is -1.71. The molecule has 1 aromatic rings. The molecule has 0 saturated heterocycles. The topological polar surface area (TPSA) is 63.0 Å². The highest BCUT2D eigenvalue weighted by Gasteiger charge is 2.14. The third-order valence-electron chi connectivity index (χ3n) is 1.54. The van der Waals surface area contributed by atoms with Crippen LogP contribution in [0.2, 0.25) is 0 Å². The molecule has 0 aliphatic carbocycles. The average Bonchev–Trinajstić information content (AvgIpc) is 2.31. The first-order valence-corrected chi connectivity index (χ1v) is 3.25. The van der Waals surface area contributed by atoms with Crippen molar-refractivity contribution in [1.29, 1.82) is 0 Å². The molecule has 56 valence electrons. The first-order valence-electron chi connectivity index (χ1n) is 3.25. The minimum atomic E-state index is 0.494. The summed E-state index contributed by atoms with van der Waals surface area (Å²) >= 11 is 0. The second-order valence-electron chi connectivity index (χ2n) is 2.35. The molecule has 1 aliphatic heterocycles. The fraction of sp³-hybridized carbons (Fsp3) is 0. The van der Waals surface area contributed by atoms with Gasteiger partial charge >= 0.3 is 0 Å². The highest BCUT2D eigenvalue weighted by atomic mass is 15.2. The molecule has 0 aromatic carbocycles. The van der Waals surface area contributed by atoms with Crippen molar-refractivity contribution in [1.82, 2.24) is 4.98 Å². The Morgan fingerprint density at radius 2 is 2.27 bits per heavy atom. The maximum Gasteiger partial charge on any atom is 0.149 e. The highest BCUT2D eigenvalue weighted by molar-refractivity contribution is 5.85. The lowest BCUT2D eigenvalue weighted by molar-refractivity contribution is 1.35. The van der Waals surface area contributed by atoms with Crippen LogP contribution in [-0.2, 0) is 0 Å². The summed E-state index contributed by atoms with van der Waals surface area (Å²) in [6.07, 6.45) is 1.65. The molecular weight excluding hydrogens is 140 g/mol. The van der Waals surface area contributed by atoms with Crippen molar-refractivity contribution in [3.63, 3.8) is 0 Å². The number of nitrogen functional groups attached to an aromatic ring is 1. The van der Waals surface area contributed by atoms with Crippen molar-refractivity contribution in [2.24, 2.45) is 0 Å². The molecule has 2 rings (SSSR count). The lowest BCUT2D eigenvalue weighted by Gasteiger charge is -1.98. The zero-order valence-corrected chi connectivity index (χ0v) is 5.89. The third-order valence-corrected chi connectivity index (χ3v) is 1.54. The van der Waals surface area contributed by atoms with Gasteiger partial charge in [0.2, 0.25) is 0 Å². The van der Waals surface area contributed by atoms with E-state index in [0.29, 0.717) is 5.82 Å². The second-order valence-corrected chi connectivity index (χ2v) is 2.35. The Balaban J connectivity index is 2.57. The van der Waals surface area contributed by atoms with Crippen LogP contribution in [0.4, 0.5) is 17.2 Å². The average molecular weight is 148 g/mol. The van der Waals surface area contributed by atoms with Crippen LogP contribution in [0, 0.1) is 0 Å². The Morgan fingerprint density at radius 3 is 3.00 bits per heavy atom. The van der Waals surface area contributed by atoms with Crippen molar-refractivity contribution in [2.45, 2.75) is 0 Å². The molecule has 0 fully saturated rings. The summed E-state index contributed by atoms with van der Waals surface area (Å²) in [6, 6.07) is 1.84. The van der Waals surface area contributed by atoms with Crippen LogP contribution in [0.25, 0.3) is 0 Å². The van der Waals surface area contributed by atoms with Crippen molar-refractivity contribution < 1.29 is 0 Å². The van der Waals surface area contributed by atoms with Gasteiger partial charge in [0.05, 0.1) is 5.69 Å². The van der Waals surface area contributed by atoms with Gasteiger partial charge in [0.25, 0.3) is 0 Å². The molecule has 1 aliphatic rings. The number of rotatable bonds is 0. The smallest absolute Gasteiger partial charge is 0.149 e. The summed E-state index contributed by atoms with van der Waals surface area (Å²) in [6.45, 7) is 3.70. The fourth-order valence-corrected chi connectivity index (χ4v) is 1.06. The number of pyridine rings is 1. The lowest BCUT2D eigenvalue weighted by Crippen LogP contribution is -1.97. The molecule has 4 heteroatoms. The molecule has 2 heterocycles. The zero-order valence-electron chi connectivity index (χ0n) is 5.89. The van der Waals surface area contributed by atoms with Crippen LogP contribution in [0.5, 0.6) is 0 Å². The van der Waals surface area contributed by atoms with Gasteiger partial charge in [0.15, 0.2) is 0 Å². The van der Waals surface area contributed by atoms with Gasteiger partial charge in [-0.1, -0.05) is 6.58 Å². The predicted molar refractivity (Wildman–Crippen MR) is 45.0 cm³/mol. The van der Waals surface area contributed by atoms with E-state index < -0.39 is 0 Å². The molecular formula is C7H8N4. The van der Waals surface area contributed by atoms with E-state index in [1.807, 2.05) is 6.07 Å². The van der Waals surface area contributed by atoms with Crippen LogP contribution < -0.4 is 16.4 Å². The largest absolute Gasteiger partial charge is 0.382 e. The van der Waals surface area contributed by atoms with Gasteiger partial charge in [-0.2, -0.15) is 0 Å². The minimum Gasteiger partial charge on any atom is -0.382 e. The highest BCUT2D eigenvalue weighted by Crippen LogP contribution is 2.32. The zero-order chi connectivity index (χ0) is 7.84. The standard InChI is InChI=1S/C7H8N4/c1-4-10-5-2-3-9-7(8)6(5)11-4/h2-3,10-11H,1H2,(H2,8,9). The number of aromatic nitrogens is 1. The van der Waals surface area contributed by atoms with Gasteiger partial charge in [-0.3, -0.25) is 0 Å². The van der Waals surface area contributed by atoms with Crippen LogP contribution in [0.15, 0.2) is 24.7 Å². The summed E-state index contributed by atoms with van der Waals surface area (Å²) < 4.78 is 0. The number of nitrogens with zero attached hydrogens (tertiary/aromatic N) is 1. The molecule has 11 heavy (non-hydrogen) atoms. The van der Waals surface area contributed by atoms with Crippen molar-refractivity contribution >= 4 is 17.2 Å². The maximum absolute atomic E-state index is 5.58. The van der Waals surface area contributed by atoms with Crippen LogP contribution >= 0.6 is 0 Å². The molecule has 4 N–H and O–H groups in total. The van der Waals surface area contributed by atoms with E-state index in [1.165, 1.54) is 0 Å². The van der Waals surface area contributed by atoms with Crippen LogP contribution in [0.1, 0.15) is 0 Å². The Kier molecular flexibility index (Phi) is 1.03. The van der Waals surface area contributed by atoms with E-state index in [1.54, 1.807) is 6.20 Å². The maximum atomic E-state index is 5.58. The van der Waals surface area contributed by atoms with Gasteiger partial charge < -0.3 is 16.4 Å². The van der Waals surface area contributed by atoms with E-state index in [0.717, 1.165) is 17.2 Å². The Labute approximate surface area is 64.1 Å². The SMILES string of the molecule is C=C1Nc2ccnc(N)c2N1. The van der Waals surface area contributed by atoms with Gasteiger partial charge in [0, 0.05) is 6.20 Å². The molecule has 0 amide bonds. The first kappa shape index (κ1) is 6.03. The third kappa shape index (κ3) is 0.797. The van der Waals surface area contributed by atoms with Gasteiger partial charge in [-0.05, 0) is 6.07 Å². The summed E-state index contributed by atoms with van der Waals surface area (Å²) in [5.74, 6) is 1.23. The Morgan fingerprint density at radius 1 is 1.45 bits per heavy atom. The number of nitrogens with one attached hydrogen (secondary N) is 2. The fourth-order valence-electron chi connectivity index (χ4n) is 1.06. The summed E-state index contributed by atoms with van der Waals surface area (Å²) in [5.41, 5.74) is 7.33. The van der Waals surface area contributed by atoms with Crippen LogP contribution in [-0.4, -0.2) is 4.98 Å². The monoisotopic (exact) mass is 148 g/mol. The Bertz CT molecular complexity index is 318. The molecule has 0 saturated carbocycles. The molecule has 0 unspecified atom stereocenters. The molecule has 4 nitrogen and oxygen atoms in total. The quantitative estimate of drug-likeness (QED) is 0.513. The number of hydrogen-bond acceptors (Lipinski definition) is 4. The van der Waals surface area contributed by atoms with E-state index in [9.17, 15) is 0 Å². The van der Waals surface area contributed by atoms with Gasteiger partial charge in [-0.15, -0.1) is 0 Å². The molecule has 0 bridgehead atoms. The lowest BCUT2D eigenvalue weighted by atomic mass is 10.3. The minimum absolute atomic E-state index is 0.494. The van der Waals surface area contributed by atoms with E-state index in [2.05, 4.69) is 22.2 Å². The number of fused-ring (bicyclic) bond motifs is 1. The van der Waals surface area contributed by atoms with E-state index in [-0.39, 0.29) is 0 Å². The normalized spacial score (nSPS) is 13.6. The van der Waals surface area contributed by atoms with Gasteiger partial charge in [0.1, 0.15) is 17.3 Å². The number of hydrogen-bond donors (Lipinski definition) is 3. The van der Waals surface area contributed by atoms with Crippen LogP contribution in [0.3, 0.4) is 0 Å². The van der Waals surface area contributed by atoms with Crippen molar-refractivity contribution in [3.05, 3.63) is 24.7 Å². The van der Waals surface area contributed by atoms with Gasteiger partial charge in [-0.25, -0.2) is 4.98 Å². The second kappa shape index (κ2) is 1.88. The van der Waals surface area contributed by atoms with Crippen molar-refractivity contribution in [3.8, 4) is 0 Å². The number of anilines is 3. The van der Waals surface area contributed by atoms with E-state index in [4.69, 9.17) is 5.73 Å². The van der Waals surface area contributed by atoms with Crippen molar-refractivity contribution in [2.75, 3.05) is 16.4 Å². The molecule has 0 atom stereocenters. The molecule has 0 radical (unpaired) electrons. The predicted octanol–water partition coefficient (Wildman–Crippen LogP) is 0.972. The summed E-state index contributed by atoms with van der Waals surface area (Å²) in [7, 11) is 0. The molecule has 1 aromatic heterocycles. The summed E-state index contributed by atoms with van der Waals surface area (Å²) in [5, 5.41) is 5.99. The van der Waals surface area contributed by atoms with E-state index >= 15 is 0 Å². The first-order chi connectivity index (χ1) is 5.27.